The van der Waals surface area contributed by atoms with Crippen LogP contribution in [0.15, 0.2) is 182 Å². The fourth-order valence-electron chi connectivity index (χ4n) is 7.97. The Hall–Kier alpha value is -8.55. The molecule has 74 heavy (non-hydrogen) atoms. The molecule has 2 aliphatic rings. The predicted molar refractivity (Wildman–Crippen MR) is 256 cm³/mol. The smallest absolute Gasteiger partial charge is 0.338 e. The summed E-state index contributed by atoms with van der Waals surface area (Å²) in [5, 5.41) is 12.0. The van der Waals surface area contributed by atoms with Gasteiger partial charge in [-0.15, -0.1) is 0 Å². The Labute approximate surface area is 423 Å². The van der Waals surface area contributed by atoms with E-state index in [-0.39, 0.29) is 33.4 Å². The molecule has 0 unspecified atom stereocenters. The Morgan fingerprint density at radius 3 is 1.00 bits per heavy atom. The van der Waals surface area contributed by atoms with Crippen LogP contribution < -0.4 is 0 Å². The van der Waals surface area contributed by atoms with Gasteiger partial charge in [-0.1, -0.05) is 109 Å². The lowest BCUT2D eigenvalue weighted by Gasteiger charge is -2.48. The summed E-state index contributed by atoms with van der Waals surface area (Å²) in [5.41, 5.74) is 0.230. The molecule has 18 heteroatoms. The number of esters is 7. The minimum atomic E-state index is -2.17. The van der Waals surface area contributed by atoms with Gasteiger partial charge in [0.25, 0.3) is 0 Å². The number of carbonyl (C=O) groups excluding carboxylic acids is 7. The molecule has 380 valence electrons. The van der Waals surface area contributed by atoms with Gasteiger partial charge in [-0.2, -0.15) is 0 Å². The molecule has 0 saturated carbocycles. The van der Waals surface area contributed by atoms with Gasteiger partial charge in [0.1, 0.15) is 25.4 Å². The van der Waals surface area contributed by atoms with Gasteiger partial charge >= 0.3 is 41.8 Å². The van der Waals surface area contributed by atoms with E-state index in [9.17, 15) is 38.7 Å². The van der Waals surface area contributed by atoms with E-state index in [0.717, 1.165) is 6.92 Å². The first-order valence-electron chi connectivity index (χ1n) is 23.2. The lowest BCUT2D eigenvalue weighted by molar-refractivity contribution is -0.359. The van der Waals surface area contributed by atoms with Crippen molar-refractivity contribution in [2.75, 3.05) is 13.2 Å². The van der Waals surface area contributed by atoms with Crippen molar-refractivity contribution in [1.29, 1.82) is 0 Å². The molecule has 0 radical (unpaired) electrons. The van der Waals surface area contributed by atoms with Crippen molar-refractivity contribution in [2.45, 2.75) is 68.3 Å². The fraction of sp³-hybridized carbons (Fsp3) is 0.232. The van der Waals surface area contributed by atoms with Crippen LogP contribution in [0.1, 0.15) is 69.1 Å². The summed E-state index contributed by atoms with van der Waals surface area (Å²) >= 11 is 0. The van der Waals surface area contributed by atoms with Crippen LogP contribution in [0.25, 0.3) is 0 Å². The van der Waals surface area contributed by atoms with E-state index in [1.165, 1.54) is 72.8 Å². The SMILES string of the molecule is CC(=O)OC[C@H]1O[C@H](O)[C@@H](O[C@H]2O[C@H](COC(=O)c3ccccc3)[C@@H](OC(=O)c3ccccc3)[C@H](OC(=O)c3ccccc3)[C@@H]2OC(=O)c2ccccc2)[C@@H](OC(=O)c2ccccc2)[C@@H]1OC(=O)c1ccccc1. The number of hydrogen-bond acceptors (Lipinski definition) is 18. The highest BCUT2D eigenvalue weighted by Gasteiger charge is 2.58. The van der Waals surface area contributed by atoms with E-state index in [1.54, 1.807) is 109 Å². The van der Waals surface area contributed by atoms with E-state index in [1.807, 2.05) is 0 Å². The Kier molecular flexibility index (Phi) is 17.3. The molecule has 0 aromatic heterocycles. The van der Waals surface area contributed by atoms with Crippen LogP contribution in [0, 0.1) is 0 Å². The van der Waals surface area contributed by atoms with Gasteiger partial charge in [0.05, 0.1) is 33.4 Å². The molecule has 2 aliphatic heterocycles. The molecule has 10 atom stereocenters. The van der Waals surface area contributed by atoms with Crippen LogP contribution in [-0.4, -0.2) is 122 Å². The minimum Gasteiger partial charge on any atom is -0.463 e. The van der Waals surface area contributed by atoms with Crippen molar-refractivity contribution in [3.8, 4) is 0 Å². The molecule has 1 N–H and O–H groups in total. The summed E-state index contributed by atoms with van der Waals surface area (Å²) in [6.07, 6.45) is -18.7. The van der Waals surface area contributed by atoms with Gasteiger partial charge in [0, 0.05) is 6.92 Å². The van der Waals surface area contributed by atoms with Crippen molar-refractivity contribution in [2.24, 2.45) is 0 Å². The molecule has 2 heterocycles. The van der Waals surface area contributed by atoms with Gasteiger partial charge in [0.15, 0.2) is 49.2 Å². The van der Waals surface area contributed by atoms with Crippen molar-refractivity contribution >= 4 is 41.8 Å². The van der Waals surface area contributed by atoms with Crippen molar-refractivity contribution in [3.05, 3.63) is 215 Å². The average Bonchev–Trinajstić information content (AvgIpc) is 3.44. The largest absolute Gasteiger partial charge is 0.463 e. The monoisotopic (exact) mass is 1010 g/mol. The zero-order valence-electron chi connectivity index (χ0n) is 39.4. The molecule has 6 aromatic carbocycles. The molecule has 0 amide bonds. The number of rotatable bonds is 17. The van der Waals surface area contributed by atoms with Gasteiger partial charge in [0.2, 0.25) is 0 Å². The summed E-state index contributed by atoms with van der Waals surface area (Å²) < 4.78 is 60.7. The normalized spacial score (nSPS) is 23.2. The van der Waals surface area contributed by atoms with E-state index < -0.39 is 116 Å². The van der Waals surface area contributed by atoms with Crippen LogP contribution in [0.4, 0.5) is 0 Å². The van der Waals surface area contributed by atoms with E-state index in [2.05, 4.69) is 0 Å². The van der Waals surface area contributed by atoms with Gasteiger partial charge in [-0.3, -0.25) is 4.79 Å². The Morgan fingerprint density at radius 1 is 0.365 bits per heavy atom. The van der Waals surface area contributed by atoms with Gasteiger partial charge in [-0.25, -0.2) is 28.8 Å². The maximum absolute atomic E-state index is 14.3. The number of ether oxygens (including phenoxy) is 10. The lowest BCUT2D eigenvalue weighted by atomic mass is 9.96. The third-order valence-corrected chi connectivity index (χ3v) is 11.6. The van der Waals surface area contributed by atoms with Crippen LogP contribution in [0.2, 0.25) is 0 Å². The molecular formula is C56H48O18. The molecular weight excluding hydrogens is 961 g/mol. The highest BCUT2D eigenvalue weighted by Crippen LogP contribution is 2.36. The maximum atomic E-state index is 14.3. The van der Waals surface area contributed by atoms with Gasteiger partial charge < -0.3 is 52.5 Å². The first-order chi connectivity index (χ1) is 35.9. The molecule has 8 rings (SSSR count). The Balaban J connectivity index is 1.25. The third-order valence-electron chi connectivity index (χ3n) is 11.6. The molecule has 2 fully saturated rings. The average molecular weight is 1010 g/mol. The van der Waals surface area contributed by atoms with Crippen molar-refractivity contribution in [1.82, 2.24) is 0 Å². The second-order valence-electron chi connectivity index (χ2n) is 16.7. The number of aliphatic hydroxyl groups excluding tert-OH is 1. The van der Waals surface area contributed by atoms with E-state index >= 15 is 0 Å². The van der Waals surface area contributed by atoms with E-state index in [0.29, 0.717) is 0 Å². The molecule has 0 spiro atoms. The lowest BCUT2D eigenvalue weighted by Crippen LogP contribution is -2.67. The number of carbonyl (C=O) groups is 7. The topological polar surface area (TPSA) is 232 Å². The number of benzene rings is 6. The highest BCUT2D eigenvalue weighted by atomic mass is 16.8. The van der Waals surface area contributed by atoms with Crippen molar-refractivity contribution in [3.63, 3.8) is 0 Å². The quantitative estimate of drug-likeness (QED) is 0.0773. The Morgan fingerprint density at radius 2 is 0.649 bits per heavy atom. The summed E-state index contributed by atoms with van der Waals surface area (Å²) in [6.45, 7) is -0.264. The molecule has 18 nitrogen and oxygen atoms in total. The zero-order valence-corrected chi connectivity index (χ0v) is 39.4. The van der Waals surface area contributed by atoms with E-state index in [4.69, 9.17) is 47.4 Å². The third kappa shape index (κ3) is 13.1. The predicted octanol–water partition coefficient (Wildman–Crippen LogP) is 6.36. The minimum absolute atomic E-state index is 0.00645. The number of aliphatic hydroxyl groups is 1. The van der Waals surface area contributed by atoms with Crippen LogP contribution in [0.3, 0.4) is 0 Å². The van der Waals surface area contributed by atoms with Crippen LogP contribution in [-0.2, 0) is 52.2 Å². The zero-order chi connectivity index (χ0) is 52.0. The van der Waals surface area contributed by atoms with Crippen LogP contribution in [0.5, 0.6) is 0 Å². The highest BCUT2D eigenvalue weighted by molar-refractivity contribution is 5.92. The second kappa shape index (κ2) is 24.7. The van der Waals surface area contributed by atoms with Crippen molar-refractivity contribution < 1.29 is 86.0 Å². The maximum Gasteiger partial charge on any atom is 0.338 e. The summed E-state index contributed by atoms with van der Waals surface area (Å²) in [4.78, 5) is 96.4. The number of hydrogen-bond donors (Lipinski definition) is 1. The fourth-order valence-corrected chi connectivity index (χ4v) is 7.97. The standard InChI is InChI=1S/C56H48O18/c1-34(57)65-32-41-43(69-50(59)36-22-10-3-11-23-36)45(71-52(61)38-26-14-5-15-27-38)47(55(64)67-41)74-56-48(73-54(63)40-30-18-7-19-31-40)46(72-53(62)39-28-16-6-17-29-39)44(70-51(60)37-24-12-4-13-25-37)42(68-56)33-66-49(58)35-20-8-2-9-21-35/h2-31,41-48,55-56,64H,32-33H2,1H3/t41-,42-,43-,44-,45+,46+,47+,48+,55+,56-/m1/s1. The second-order valence-corrected chi connectivity index (χ2v) is 16.7. The Bertz CT molecular complexity index is 2850. The molecule has 0 bridgehead atoms. The summed E-state index contributed by atoms with van der Waals surface area (Å²) in [7, 11) is 0. The molecule has 6 aromatic rings. The molecule has 2 saturated heterocycles. The molecule has 0 aliphatic carbocycles. The first kappa shape index (κ1) is 51.8. The summed E-state index contributed by atoms with van der Waals surface area (Å²) in [6, 6.07) is 46.2. The first-order valence-corrected chi connectivity index (χ1v) is 23.2. The van der Waals surface area contributed by atoms with Gasteiger partial charge in [-0.05, 0) is 72.8 Å². The van der Waals surface area contributed by atoms with Crippen LogP contribution >= 0.6 is 0 Å². The summed E-state index contributed by atoms with van der Waals surface area (Å²) in [5.74, 6) is -6.57.